The van der Waals surface area contributed by atoms with E-state index in [1.807, 2.05) is 54.9 Å². The lowest BCUT2D eigenvalue weighted by molar-refractivity contribution is 0.471. The van der Waals surface area contributed by atoms with Crippen LogP contribution in [0.2, 0.25) is 0 Å². The van der Waals surface area contributed by atoms with Gasteiger partial charge in [0.2, 0.25) is 0 Å². The number of aromatic nitrogens is 2. The van der Waals surface area contributed by atoms with Gasteiger partial charge in [0.25, 0.3) is 0 Å². The number of benzene rings is 2. The summed E-state index contributed by atoms with van der Waals surface area (Å²) in [6.07, 6.45) is 0.698. The molecule has 2 aromatic carbocycles. The molecule has 3 aromatic rings. The predicted octanol–water partition coefficient (Wildman–Crippen LogP) is 4.42. The molecule has 1 heterocycles. The first-order chi connectivity index (χ1) is 10.6. The Hall–Kier alpha value is -2.55. The number of hydrogen-bond donors (Lipinski definition) is 1. The molecule has 0 fully saturated rings. The average molecular weight is 292 g/mol. The van der Waals surface area contributed by atoms with Gasteiger partial charge < -0.3 is 5.11 Å². The standard InChI is InChI=1S/C19H20N2O/c1-4-17-19(22)18(16-11-6-5-9-14(16)3)21(20-17)15-10-7-8-13(2)12-15/h5-12,22H,4H2,1-3H3. The molecule has 0 aliphatic heterocycles. The van der Waals surface area contributed by atoms with E-state index in [2.05, 4.69) is 24.2 Å². The monoisotopic (exact) mass is 292 g/mol. The Balaban J connectivity index is 2.29. The molecule has 0 saturated carbocycles. The van der Waals surface area contributed by atoms with Gasteiger partial charge in [0.1, 0.15) is 11.4 Å². The summed E-state index contributed by atoms with van der Waals surface area (Å²) >= 11 is 0. The van der Waals surface area contributed by atoms with Gasteiger partial charge in [-0.3, -0.25) is 0 Å². The molecule has 0 aliphatic rings. The van der Waals surface area contributed by atoms with E-state index in [1.165, 1.54) is 5.56 Å². The molecule has 0 atom stereocenters. The van der Waals surface area contributed by atoms with Crippen molar-refractivity contribution in [1.29, 1.82) is 0 Å². The Bertz CT molecular complexity index is 818. The number of nitrogens with zero attached hydrogens (tertiary/aromatic N) is 2. The zero-order valence-electron chi connectivity index (χ0n) is 13.2. The molecule has 3 nitrogen and oxygen atoms in total. The molecular formula is C19H20N2O. The summed E-state index contributed by atoms with van der Waals surface area (Å²) in [6.45, 7) is 6.11. The highest BCUT2D eigenvalue weighted by atomic mass is 16.3. The maximum Gasteiger partial charge on any atom is 0.165 e. The SMILES string of the molecule is CCc1nn(-c2cccc(C)c2)c(-c2ccccc2C)c1O. The van der Waals surface area contributed by atoms with Crippen molar-refractivity contribution in [1.82, 2.24) is 9.78 Å². The van der Waals surface area contributed by atoms with Crippen LogP contribution in [0.5, 0.6) is 5.75 Å². The van der Waals surface area contributed by atoms with Crippen molar-refractivity contribution in [2.75, 3.05) is 0 Å². The van der Waals surface area contributed by atoms with Crippen LogP contribution in [-0.2, 0) is 6.42 Å². The predicted molar refractivity (Wildman–Crippen MR) is 89.5 cm³/mol. The van der Waals surface area contributed by atoms with Gasteiger partial charge in [-0.1, -0.05) is 43.3 Å². The van der Waals surface area contributed by atoms with Gasteiger partial charge in [0.15, 0.2) is 5.75 Å². The minimum atomic E-state index is 0.276. The van der Waals surface area contributed by atoms with Gasteiger partial charge in [-0.15, -0.1) is 0 Å². The maximum atomic E-state index is 10.6. The van der Waals surface area contributed by atoms with Crippen LogP contribution in [0.1, 0.15) is 23.7 Å². The highest BCUT2D eigenvalue weighted by Gasteiger charge is 2.20. The van der Waals surface area contributed by atoms with Gasteiger partial charge in [-0.25, -0.2) is 4.68 Å². The third-order valence-electron chi connectivity index (χ3n) is 3.91. The van der Waals surface area contributed by atoms with E-state index >= 15 is 0 Å². The van der Waals surface area contributed by atoms with Crippen molar-refractivity contribution in [2.45, 2.75) is 27.2 Å². The molecule has 112 valence electrons. The van der Waals surface area contributed by atoms with Crippen LogP contribution >= 0.6 is 0 Å². The molecule has 0 spiro atoms. The van der Waals surface area contributed by atoms with Gasteiger partial charge in [-0.2, -0.15) is 5.10 Å². The fraction of sp³-hybridized carbons (Fsp3) is 0.211. The third-order valence-corrected chi connectivity index (χ3v) is 3.91. The van der Waals surface area contributed by atoms with Gasteiger partial charge in [-0.05, 0) is 43.5 Å². The lowest BCUT2D eigenvalue weighted by atomic mass is 10.0. The van der Waals surface area contributed by atoms with Crippen molar-refractivity contribution in [3.8, 4) is 22.7 Å². The first kappa shape index (κ1) is 14.4. The van der Waals surface area contributed by atoms with E-state index in [9.17, 15) is 5.11 Å². The number of rotatable bonds is 3. The fourth-order valence-corrected chi connectivity index (χ4v) is 2.72. The molecule has 0 radical (unpaired) electrons. The van der Waals surface area contributed by atoms with Crippen molar-refractivity contribution in [2.24, 2.45) is 0 Å². The highest BCUT2D eigenvalue weighted by Crippen LogP contribution is 2.36. The van der Waals surface area contributed by atoms with Crippen LogP contribution in [0.3, 0.4) is 0 Å². The van der Waals surface area contributed by atoms with E-state index in [-0.39, 0.29) is 5.75 Å². The smallest absolute Gasteiger partial charge is 0.165 e. The summed E-state index contributed by atoms with van der Waals surface area (Å²) in [5.41, 5.74) is 5.75. The van der Waals surface area contributed by atoms with E-state index in [1.54, 1.807) is 0 Å². The summed E-state index contributed by atoms with van der Waals surface area (Å²) in [5, 5.41) is 15.3. The van der Waals surface area contributed by atoms with Crippen LogP contribution in [0.25, 0.3) is 16.9 Å². The minimum absolute atomic E-state index is 0.276. The number of aromatic hydroxyl groups is 1. The van der Waals surface area contributed by atoms with E-state index in [4.69, 9.17) is 0 Å². The largest absolute Gasteiger partial charge is 0.504 e. The van der Waals surface area contributed by atoms with Crippen molar-refractivity contribution < 1.29 is 5.11 Å². The second-order valence-electron chi connectivity index (χ2n) is 5.56. The Labute approximate surface area is 130 Å². The first-order valence-electron chi connectivity index (χ1n) is 7.55. The van der Waals surface area contributed by atoms with Crippen molar-refractivity contribution in [3.05, 3.63) is 65.4 Å². The Morgan fingerprint density at radius 2 is 1.82 bits per heavy atom. The van der Waals surface area contributed by atoms with Crippen LogP contribution in [0.4, 0.5) is 0 Å². The molecule has 3 heteroatoms. The molecule has 0 saturated heterocycles. The summed E-state index contributed by atoms with van der Waals surface area (Å²) in [6, 6.07) is 16.2. The zero-order chi connectivity index (χ0) is 15.7. The lowest BCUT2D eigenvalue weighted by Crippen LogP contribution is -2.00. The second kappa shape index (κ2) is 5.68. The normalized spacial score (nSPS) is 10.9. The Kier molecular flexibility index (Phi) is 3.72. The lowest BCUT2D eigenvalue weighted by Gasteiger charge is -2.10. The van der Waals surface area contributed by atoms with Gasteiger partial charge in [0.05, 0.1) is 5.69 Å². The fourth-order valence-electron chi connectivity index (χ4n) is 2.72. The Morgan fingerprint density at radius 3 is 2.50 bits per heavy atom. The summed E-state index contributed by atoms with van der Waals surface area (Å²) in [4.78, 5) is 0. The van der Waals surface area contributed by atoms with Crippen LogP contribution in [0.15, 0.2) is 48.5 Å². The first-order valence-corrected chi connectivity index (χ1v) is 7.55. The maximum absolute atomic E-state index is 10.6. The summed E-state index contributed by atoms with van der Waals surface area (Å²) in [5.74, 6) is 0.276. The van der Waals surface area contributed by atoms with Crippen molar-refractivity contribution in [3.63, 3.8) is 0 Å². The summed E-state index contributed by atoms with van der Waals surface area (Å²) < 4.78 is 1.85. The van der Waals surface area contributed by atoms with Gasteiger partial charge in [0, 0.05) is 5.56 Å². The second-order valence-corrected chi connectivity index (χ2v) is 5.56. The van der Waals surface area contributed by atoms with Crippen LogP contribution in [-0.4, -0.2) is 14.9 Å². The number of hydrogen-bond acceptors (Lipinski definition) is 2. The third kappa shape index (κ3) is 2.39. The van der Waals surface area contributed by atoms with E-state index in [0.29, 0.717) is 6.42 Å². The zero-order valence-corrected chi connectivity index (χ0v) is 13.2. The Morgan fingerprint density at radius 1 is 1.05 bits per heavy atom. The molecule has 0 aliphatic carbocycles. The van der Waals surface area contributed by atoms with Crippen LogP contribution < -0.4 is 0 Å². The molecular weight excluding hydrogens is 272 g/mol. The molecule has 1 N–H and O–H groups in total. The van der Waals surface area contributed by atoms with Crippen LogP contribution in [0, 0.1) is 13.8 Å². The molecule has 3 rings (SSSR count). The van der Waals surface area contributed by atoms with Crippen molar-refractivity contribution >= 4 is 0 Å². The molecule has 0 bridgehead atoms. The molecule has 0 unspecified atom stereocenters. The number of aryl methyl sites for hydroxylation is 3. The molecule has 1 aromatic heterocycles. The quantitative estimate of drug-likeness (QED) is 0.775. The highest BCUT2D eigenvalue weighted by molar-refractivity contribution is 5.72. The van der Waals surface area contributed by atoms with E-state index in [0.717, 1.165) is 28.2 Å². The molecule has 0 amide bonds. The van der Waals surface area contributed by atoms with E-state index < -0.39 is 0 Å². The summed E-state index contributed by atoms with van der Waals surface area (Å²) in [7, 11) is 0. The molecule has 22 heavy (non-hydrogen) atoms. The topological polar surface area (TPSA) is 38.0 Å². The van der Waals surface area contributed by atoms with Gasteiger partial charge >= 0.3 is 0 Å². The minimum Gasteiger partial charge on any atom is -0.504 e. The average Bonchev–Trinajstić information content (AvgIpc) is 2.84.